The highest BCUT2D eigenvalue weighted by atomic mass is 35.5. The molecule has 7 heteroatoms. The van der Waals surface area contributed by atoms with Gasteiger partial charge in [-0.05, 0) is 37.8 Å². The van der Waals surface area contributed by atoms with E-state index >= 15 is 0 Å². The third-order valence-electron chi connectivity index (χ3n) is 3.80. The highest BCUT2D eigenvalue weighted by molar-refractivity contribution is 7.89. The minimum absolute atomic E-state index is 0.0673. The molecule has 1 saturated carbocycles. The minimum Gasteiger partial charge on any atom is -0.392 e. The van der Waals surface area contributed by atoms with Crippen molar-refractivity contribution >= 4 is 21.6 Å². The van der Waals surface area contributed by atoms with Crippen molar-refractivity contribution in [2.75, 3.05) is 7.05 Å². The first-order valence-corrected chi connectivity index (χ1v) is 8.17. The normalized spacial score (nSPS) is 17.5. The zero-order chi connectivity index (χ0) is 15.1. The number of sulfonamides is 1. The van der Waals surface area contributed by atoms with Crippen LogP contribution < -0.4 is 0 Å². The van der Waals surface area contributed by atoms with Crippen LogP contribution in [-0.2, 0) is 16.6 Å². The molecule has 4 nitrogen and oxygen atoms in total. The monoisotopic (exact) mass is 321 g/mol. The predicted molar refractivity (Wildman–Crippen MR) is 74.5 cm³/mol. The lowest BCUT2D eigenvalue weighted by atomic mass is 10.2. The Hall–Kier alpha value is -0.690. The van der Waals surface area contributed by atoms with Gasteiger partial charge in [-0.15, -0.1) is 0 Å². The molecule has 0 radical (unpaired) electrons. The Morgan fingerprint density at radius 3 is 2.60 bits per heavy atom. The number of aliphatic hydroxyl groups excluding tert-OH is 1. The van der Waals surface area contributed by atoms with E-state index < -0.39 is 22.4 Å². The van der Waals surface area contributed by atoms with E-state index in [1.165, 1.54) is 17.4 Å². The molecular formula is C13H17ClFNO3S. The lowest BCUT2D eigenvalue weighted by molar-refractivity contribution is 0.281. The Kier molecular flexibility index (Phi) is 4.39. The lowest BCUT2D eigenvalue weighted by Gasteiger charge is -2.24. The molecule has 1 N–H and O–H groups in total. The van der Waals surface area contributed by atoms with Gasteiger partial charge < -0.3 is 5.11 Å². The van der Waals surface area contributed by atoms with Crippen molar-refractivity contribution in [2.45, 2.75) is 37.3 Å². The van der Waals surface area contributed by atoms with Crippen LogP contribution in [0.2, 0.25) is 5.02 Å². The molecule has 1 aliphatic carbocycles. The highest BCUT2D eigenvalue weighted by Gasteiger charge is 2.36. The molecule has 1 aromatic carbocycles. The highest BCUT2D eigenvalue weighted by Crippen LogP contribution is 2.36. The van der Waals surface area contributed by atoms with Crippen LogP contribution in [0.3, 0.4) is 0 Å². The van der Waals surface area contributed by atoms with Crippen LogP contribution in [0.1, 0.15) is 25.3 Å². The van der Waals surface area contributed by atoms with Gasteiger partial charge in [-0.1, -0.05) is 11.6 Å². The summed E-state index contributed by atoms with van der Waals surface area (Å²) in [5.74, 6) is -0.478. The topological polar surface area (TPSA) is 57.6 Å². The zero-order valence-corrected chi connectivity index (χ0v) is 12.9. The molecule has 20 heavy (non-hydrogen) atoms. The molecule has 0 aromatic heterocycles. The Labute approximate surface area is 123 Å². The van der Waals surface area contributed by atoms with Gasteiger partial charge in [0, 0.05) is 18.7 Å². The van der Waals surface area contributed by atoms with Crippen molar-refractivity contribution in [3.05, 3.63) is 28.5 Å². The summed E-state index contributed by atoms with van der Waals surface area (Å²) < 4.78 is 39.9. The van der Waals surface area contributed by atoms with Crippen LogP contribution in [0.5, 0.6) is 0 Å². The number of hydrogen-bond donors (Lipinski definition) is 1. The first-order chi connectivity index (χ1) is 9.28. The SMILES string of the molecule is CC(C1CC1)N(C)S(=O)(=O)c1cc(F)c(Cl)c(CO)c1. The molecule has 1 fully saturated rings. The molecular weight excluding hydrogens is 305 g/mol. The van der Waals surface area contributed by atoms with Crippen molar-refractivity contribution in [1.82, 2.24) is 4.31 Å². The average Bonchev–Trinajstić information content (AvgIpc) is 3.24. The molecule has 0 aliphatic heterocycles. The fourth-order valence-corrected chi connectivity index (χ4v) is 3.80. The van der Waals surface area contributed by atoms with Crippen molar-refractivity contribution in [1.29, 1.82) is 0 Å². The number of hydrogen-bond acceptors (Lipinski definition) is 3. The Morgan fingerprint density at radius 2 is 2.10 bits per heavy atom. The Bertz CT molecular complexity index is 616. The third kappa shape index (κ3) is 2.83. The molecule has 1 aromatic rings. The summed E-state index contributed by atoms with van der Waals surface area (Å²) in [5.41, 5.74) is 0.0673. The van der Waals surface area contributed by atoms with E-state index in [1.807, 2.05) is 6.92 Å². The van der Waals surface area contributed by atoms with Gasteiger partial charge in [0.25, 0.3) is 0 Å². The van der Waals surface area contributed by atoms with Gasteiger partial charge in [-0.3, -0.25) is 0 Å². The summed E-state index contributed by atoms with van der Waals surface area (Å²) in [5, 5.41) is 8.87. The Morgan fingerprint density at radius 1 is 1.50 bits per heavy atom. The number of aliphatic hydroxyl groups is 1. The van der Waals surface area contributed by atoms with Gasteiger partial charge in [-0.25, -0.2) is 12.8 Å². The summed E-state index contributed by atoms with van der Waals surface area (Å²) in [6.45, 7) is 1.33. The van der Waals surface area contributed by atoms with Gasteiger partial charge in [-0.2, -0.15) is 4.31 Å². The standard InChI is InChI=1S/C13H17ClFNO3S/c1-8(9-3-4-9)16(2)20(18,19)11-5-10(7-17)13(14)12(15)6-11/h5-6,8-9,17H,3-4,7H2,1-2H3. The summed E-state index contributed by atoms with van der Waals surface area (Å²) in [6, 6.07) is 1.99. The van der Waals surface area contributed by atoms with Crippen molar-refractivity contribution in [3.63, 3.8) is 0 Å². The number of benzene rings is 1. The Balaban J connectivity index is 2.40. The first-order valence-electron chi connectivity index (χ1n) is 6.36. The van der Waals surface area contributed by atoms with E-state index in [4.69, 9.17) is 16.7 Å². The molecule has 1 aliphatic rings. The largest absolute Gasteiger partial charge is 0.392 e. The summed E-state index contributed by atoms with van der Waals surface area (Å²) in [6.07, 6.45) is 2.02. The van der Waals surface area contributed by atoms with Crippen molar-refractivity contribution < 1.29 is 17.9 Å². The molecule has 112 valence electrons. The fourth-order valence-electron chi connectivity index (χ4n) is 2.14. The van der Waals surface area contributed by atoms with E-state index in [0.717, 1.165) is 18.9 Å². The molecule has 1 atom stereocenters. The second-order valence-electron chi connectivity index (χ2n) is 5.14. The van der Waals surface area contributed by atoms with E-state index in [0.29, 0.717) is 5.92 Å². The molecule has 0 heterocycles. The van der Waals surface area contributed by atoms with E-state index in [-0.39, 0.29) is 21.5 Å². The van der Waals surface area contributed by atoms with Gasteiger partial charge >= 0.3 is 0 Å². The number of rotatable bonds is 5. The molecule has 0 spiro atoms. The summed E-state index contributed by atoms with van der Waals surface area (Å²) in [7, 11) is -2.30. The van der Waals surface area contributed by atoms with Gasteiger partial charge in [0.15, 0.2) is 0 Å². The maximum Gasteiger partial charge on any atom is 0.243 e. The number of nitrogens with zero attached hydrogens (tertiary/aromatic N) is 1. The number of halogens is 2. The molecule has 0 bridgehead atoms. The van der Waals surface area contributed by atoms with Gasteiger partial charge in [0.05, 0.1) is 16.5 Å². The summed E-state index contributed by atoms with van der Waals surface area (Å²) in [4.78, 5) is -0.182. The maximum atomic E-state index is 13.7. The molecule has 0 amide bonds. The second kappa shape index (κ2) is 5.60. The summed E-state index contributed by atoms with van der Waals surface area (Å²) >= 11 is 5.67. The molecule has 1 unspecified atom stereocenters. The predicted octanol–water partition coefficient (Wildman–Crippen LogP) is 2.39. The van der Waals surface area contributed by atoms with E-state index in [9.17, 15) is 12.8 Å². The van der Waals surface area contributed by atoms with Crippen LogP contribution in [0.25, 0.3) is 0 Å². The van der Waals surface area contributed by atoms with Crippen LogP contribution >= 0.6 is 11.6 Å². The average molecular weight is 322 g/mol. The van der Waals surface area contributed by atoms with Crippen LogP contribution in [-0.4, -0.2) is 30.9 Å². The van der Waals surface area contributed by atoms with Crippen LogP contribution in [0.4, 0.5) is 4.39 Å². The quantitative estimate of drug-likeness (QED) is 0.906. The van der Waals surface area contributed by atoms with Crippen molar-refractivity contribution in [2.24, 2.45) is 5.92 Å². The lowest BCUT2D eigenvalue weighted by Crippen LogP contribution is -2.36. The van der Waals surface area contributed by atoms with E-state index in [1.54, 1.807) is 0 Å². The molecule has 2 rings (SSSR count). The molecule has 0 saturated heterocycles. The van der Waals surface area contributed by atoms with Crippen LogP contribution in [0.15, 0.2) is 17.0 Å². The third-order valence-corrected chi connectivity index (χ3v) is 6.15. The smallest absolute Gasteiger partial charge is 0.243 e. The zero-order valence-electron chi connectivity index (χ0n) is 11.3. The van der Waals surface area contributed by atoms with E-state index in [2.05, 4.69) is 0 Å². The second-order valence-corrected chi connectivity index (χ2v) is 7.51. The minimum atomic E-state index is -3.79. The maximum absolute atomic E-state index is 13.7. The fraction of sp³-hybridized carbons (Fsp3) is 0.538. The van der Waals surface area contributed by atoms with Gasteiger partial charge in [0.2, 0.25) is 10.0 Å². The van der Waals surface area contributed by atoms with Crippen molar-refractivity contribution in [3.8, 4) is 0 Å². The van der Waals surface area contributed by atoms with Gasteiger partial charge in [0.1, 0.15) is 5.82 Å². The first kappa shape index (κ1) is 15.7. The van der Waals surface area contributed by atoms with Crippen LogP contribution in [0, 0.1) is 11.7 Å².